The summed E-state index contributed by atoms with van der Waals surface area (Å²) in [5.74, 6) is 0.656. The van der Waals surface area contributed by atoms with E-state index in [0.717, 1.165) is 31.9 Å². The second-order valence-electron chi connectivity index (χ2n) is 4.29. The van der Waals surface area contributed by atoms with Gasteiger partial charge in [0.05, 0.1) is 7.11 Å². The van der Waals surface area contributed by atoms with Gasteiger partial charge in [-0.3, -0.25) is 10.7 Å². The first-order valence-electron chi connectivity index (χ1n) is 5.76. The second-order valence-corrected chi connectivity index (χ2v) is 4.29. The molecule has 1 fully saturated rings. The van der Waals surface area contributed by atoms with Crippen molar-refractivity contribution in [2.45, 2.75) is 0 Å². The van der Waals surface area contributed by atoms with Gasteiger partial charge in [0, 0.05) is 37.9 Å². The van der Waals surface area contributed by atoms with Crippen molar-refractivity contribution in [2.24, 2.45) is 0 Å². The molecule has 1 aromatic rings. The van der Waals surface area contributed by atoms with Crippen LogP contribution >= 0.6 is 0 Å². The topological polar surface area (TPSA) is 48.0 Å². The molecule has 5 nitrogen and oxygen atoms in total. The minimum absolute atomic E-state index is 0.588. The predicted molar refractivity (Wildman–Crippen MR) is 68.1 cm³/mol. The first kappa shape index (κ1) is 12.0. The summed E-state index contributed by atoms with van der Waals surface area (Å²) in [6.07, 6.45) is 0. The molecule has 0 unspecified atom stereocenters. The van der Waals surface area contributed by atoms with E-state index in [0.29, 0.717) is 11.4 Å². The number of methoxy groups -OCH3 is 1. The average Bonchev–Trinajstić information content (AvgIpc) is 2.39. The highest BCUT2D eigenvalue weighted by Gasteiger charge is 2.15. The Hall–Kier alpha value is -1.46. The van der Waals surface area contributed by atoms with E-state index < -0.39 is 0 Å². The number of likely N-dealkylation sites (N-methyl/N-ethyl adjacent to an activating group) is 1. The third kappa shape index (κ3) is 2.62. The summed E-state index contributed by atoms with van der Waals surface area (Å²) in [4.78, 5) is 4.64. The van der Waals surface area contributed by atoms with Crippen LogP contribution in [0, 0.1) is 0 Å². The summed E-state index contributed by atoms with van der Waals surface area (Å²) >= 11 is 0. The van der Waals surface area contributed by atoms with E-state index in [4.69, 9.17) is 9.94 Å². The Kier molecular flexibility index (Phi) is 3.71. The molecule has 0 spiro atoms. The van der Waals surface area contributed by atoms with Crippen molar-refractivity contribution in [3.05, 3.63) is 18.2 Å². The number of benzene rings is 1. The Balaban J connectivity index is 2.16. The van der Waals surface area contributed by atoms with E-state index in [-0.39, 0.29) is 0 Å². The first-order valence-corrected chi connectivity index (χ1v) is 5.76. The summed E-state index contributed by atoms with van der Waals surface area (Å²) in [6, 6.07) is 5.77. The lowest BCUT2D eigenvalue weighted by atomic mass is 10.2. The molecule has 5 heteroatoms. The van der Waals surface area contributed by atoms with Crippen LogP contribution in [-0.4, -0.2) is 50.4 Å². The van der Waals surface area contributed by atoms with Crippen LogP contribution in [0.5, 0.6) is 5.75 Å². The number of hydrogen-bond acceptors (Lipinski definition) is 5. The van der Waals surface area contributed by atoms with E-state index in [1.807, 2.05) is 18.2 Å². The fraction of sp³-hybridized carbons (Fsp3) is 0.500. The number of anilines is 2. The predicted octanol–water partition coefficient (Wildman–Crippen LogP) is 1.25. The highest BCUT2D eigenvalue weighted by molar-refractivity contribution is 5.63. The van der Waals surface area contributed by atoms with Crippen molar-refractivity contribution in [3.8, 4) is 5.75 Å². The van der Waals surface area contributed by atoms with Gasteiger partial charge >= 0.3 is 0 Å². The van der Waals surface area contributed by atoms with Crippen molar-refractivity contribution in [2.75, 3.05) is 50.7 Å². The lowest BCUT2D eigenvalue weighted by Crippen LogP contribution is -2.44. The van der Waals surface area contributed by atoms with Gasteiger partial charge in [0.2, 0.25) is 0 Å². The van der Waals surface area contributed by atoms with Gasteiger partial charge in [-0.05, 0) is 19.2 Å². The summed E-state index contributed by atoms with van der Waals surface area (Å²) in [7, 11) is 3.74. The van der Waals surface area contributed by atoms with Crippen LogP contribution in [0.1, 0.15) is 0 Å². The van der Waals surface area contributed by atoms with Crippen molar-refractivity contribution in [1.82, 2.24) is 4.90 Å². The maximum atomic E-state index is 8.94. The summed E-state index contributed by atoms with van der Waals surface area (Å²) in [5.41, 5.74) is 3.85. The lowest BCUT2D eigenvalue weighted by molar-refractivity contribution is 0.312. The van der Waals surface area contributed by atoms with Crippen LogP contribution in [0.4, 0.5) is 11.4 Å². The molecule has 94 valence electrons. The van der Waals surface area contributed by atoms with Crippen molar-refractivity contribution >= 4 is 11.4 Å². The summed E-state index contributed by atoms with van der Waals surface area (Å²) in [6.45, 7) is 4.18. The molecule has 2 rings (SSSR count). The molecule has 0 bridgehead atoms. The Morgan fingerprint density at radius 3 is 2.53 bits per heavy atom. The number of nitrogens with zero attached hydrogens (tertiary/aromatic N) is 2. The third-order valence-corrected chi connectivity index (χ3v) is 3.17. The summed E-state index contributed by atoms with van der Waals surface area (Å²) < 4.78 is 5.23. The zero-order chi connectivity index (χ0) is 12.3. The molecule has 0 radical (unpaired) electrons. The Bertz CT molecular complexity index is 376. The summed E-state index contributed by atoms with van der Waals surface area (Å²) in [5, 5.41) is 8.94. The number of piperazine rings is 1. The largest absolute Gasteiger partial charge is 0.494 e. The molecule has 0 amide bonds. The normalized spacial score (nSPS) is 17.0. The molecule has 1 aliphatic rings. The van der Waals surface area contributed by atoms with Gasteiger partial charge in [-0.2, -0.15) is 0 Å². The molecule has 17 heavy (non-hydrogen) atoms. The highest BCUT2D eigenvalue weighted by Crippen LogP contribution is 2.29. The molecule has 0 aromatic heterocycles. The highest BCUT2D eigenvalue weighted by atomic mass is 16.5. The number of hydrogen-bond donors (Lipinski definition) is 2. The van der Waals surface area contributed by atoms with Gasteiger partial charge in [-0.15, -0.1) is 0 Å². The minimum Gasteiger partial charge on any atom is -0.494 e. The van der Waals surface area contributed by atoms with Crippen molar-refractivity contribution < 1.29 is 9.94 Å². The van der Waals surface area contributed by atoms with Gasteiger partial charge in [0.15, 0.2) is 0 Å². The zero-order valence-corrected chi connectivity index (χ0v) is 10.3. The van der Waals surface area contributed by atoms with Crippen LogP contribution in [0.25, 0.3) is 0 Å². The van der Waals surface area contributed by atoms with E-state index >= 15 is 0 Å². The van der Waals surface area contributed by atoms with E-state index in [1.54, 1.807) is 7.11 Å². The lowest BCUT2D eigenvalue weighted by Gasteiger charge is -2.34. The molecule has 0 aliphatic carbocycles. The number of ether oxygens (including phenoxy) is 1. The molecule has 1 saturated heterocycles. The smallest absolute Gasteiger partial charge is 0.146 e. The Labute approximate surface area is 102 Å². The Morgan fingerprint density at radius 1 is 1.24 bits per heavy atom. The maximum absolute atomic E-state index is 8.94. The number of nitrogens with one attached hydrogen (secondary N) is 1. The van der Waals surface area contributed by atoms with Gasteiger partial charge in [-0.1, -0.05) is 0 Å². The molecular weight excluding hydrogens is 218 g/mol. The molecule has 1 aliphatic heterocycles. The fourth-order valence-electron chi connectivity index (χ4n) is 2.03. The first-order chi connectivity index (χ1) is 8.24. The maximum Gasteiger partial charge on any atom is 0.146 e. The molecule has 0 saturated carbocycles. The monoisotopic (exact) mass is 237 g/mol. The van der Waals surface area contributed by atoms with Crippen LogP contribution in [0.2, 0.25) is 0 Å². The molecule has 2 N–H and O–H groups in total. The van der Waals surface area contributed by atoms with Crippen molar-refractivity contribution in [1.29, 1.82) is 0 Å². The second kappa shape index (κ2) is 5.25. The zero-order valence-electron chi connectivity index (χ0n) is 10.3. The van der Waals surface area contributed by atoms with Crippen LogP contribution in [0.15, 0.2) is 18.2 Å². The Morgan fingerprint density at radius 2 is 1.94 bits per heavy atom. The van der Waals surface area contributed by atoms with Gasteiger partial charge in [0.25, 0.3) is 0 Å². The quantitative estimate of drug-likeness (QED) is 0.775. The minimum atomic E-state index is 0.588. The molecule has 0 atom stereocenters. The van der Waals surface area contributed by atoms with Gasteiger partial charge in [-0.25, -0.2) is 0 Å². The SMILES string of the molecule is COc1cc(N2CCN(C)CC2)ccc1NO. The van der Waals surface area contributed by atoms with Gasteiger partial charge < -0.3 is 14.5 Å². The van der Waals surface area contributed by atoms with Gasteiger partial charge in [0.1, 0.15) is 11.4 Å². The molecule has 1 aromatic carbocycles. The third-order valence-electron chi connectivity index (χ3n) is 3.17. The van der Waals surface area contributed by atoms with Crippen LogP contribution in [0.3, 0.4) is 0 Å². The standard InChI is InChI=1S/C12H19N3O2/c1-14-5-7-15(8-6-14)10-3-4-11(13-16)12(9-10)17-2/h3-4,9,13,16H,5-8H2,1-2H3. The fourth-order valence-corrected chi connectivity index (χ4v) is 2.03. The van der Waals surface area contributed by atoms with Crippen LogP contribution in [-0.2, 0) is 0 Å². The van der Waals surface area contributed by atoms with Crippen molar-refractivity contribution in [3.63, 3.8) is 0 Å². The van der Waals surface area contributed by atoms with E-state index in [1.165, 1.54) is 0 Å². The average molecular weight is 237 g/mol. The van der Waals surface area contributed by atoms with E-state index in [2.05, 4.69) is 22.3 Å². The van der Waals surface area contributed by atoms with E-state index in [9.17, 15) is 0 Å². The van der Waals surface area contributed by atoms with Crippen LogP contribution < -0.4 is 15.1 Å². The number of rotatable bonds is 3. The molecular formula is C12H19N3O2. The molecule has 1 heterocycles.